The van der Waals surface area contributed by atoms with Crippen molar-refractivity contribution in [3.63, 3.8) is 0 Å². The molecule has 2 heterocycles. The highest BCUT2D eigenvalue weighted by Crippen LogP contribution is 2.33. The van der Waals surface area contributed by atoms with Gasteiger partial charge in [0, 0.05) is 5.39 Å². The first-order valence-electron chi connectivity index (χ1n) is 11.5. The summed E-state index contributed by atoms with van der Waals surface area (Å²) in [7, 11) is 1.56. The Balaban J connectivity index is 1.50. The number of benzene rings is 4. The van der Waals surface area contributed by atoms with E-state index in [0.717, 1.165) is 20.5 Å². The lowest BCUT2D eigenvalue weighted by Gasteiger charge is -2.13. The Labute approximate surface area is 219 Å². The van der Waals surface area contributed by atoms with Crippen molar-refractivity contribution in [3.8, 4) is 5.75 Å². The second-order valence-electron chi connectivity index (χ2n) is 8.39. The summed E-state index contributed by atoms with van der Waals surface area (Å²) in [6.07, 6.45) is 1.40. The minimum atomic E-state index is -0.789. The fourth-order valence-electron chi connectivity index (χ4n) is 4.11. The van der Waals surface area contributed by atoms with E-state index in [2.05, 4.69) is 10.1 Å². The van der Waals surface area contributed by atoms with Gasteiger partial charge in [-0.25, -0.2) is 14.2 Å². The number of amides is 1. The zero-order valence-corrected chi connectivity index (χ0v) is 20.7. The molecular weight excluding hydrogens is 505 g/mol. The molecule has 0 N–H and O–H groups in total. The fourth-order valence-corrected chi connectivity index (χ4v) is 5.06. The minimum absolute atomic E-state index is 0.193. The van der Waals surface area contributed by atoms with Crippen molar-refractivity contribution >= 4 is 60.5 Å². The molecule has 6 rings (SSSR count). The Bertz CT molecular complexity index is 1930. The molecule has 0 radical (unpaired) electrons. The minimum Gasteiger partial charge on any atom is -0.497 e. The average Bonchev–Trinajstić information content (AvgIpc) is 3.36. The number of aromatic nitrogens is 1. The quantitative estimate of drug-likeness (QED) is 0.113. The molecule has 4 aromatic carbocycles. The van der Waals surface area contributed by atoms with Gasteiger partial charge in [-0.2, -0.15) is 10.1 Å². The third-order valence-corrected chi connectivity index (χ3v) is 7.02. The molecule has 0 atom stereocenters. The molecule has 38 heavy (non-hydrogen) atoms. The zero-order chi connectivity index (χ0) is 26.2. The molecule has 0 aliphatic heterocycles. The lowest BCUT2D eigenvalue weighted by atomic mass is 10.0. The molecule has 0 aliphatic rings. The molecule has 0 aliphatic carbocycles. The summed E-state index contributed by atoms with van der Waals surface area (Å²) in [6.45, 7) is 0. The number of methoxy groups -OCH3 is 1. The number of anilines is 1. The standard InChI is InChI=1S/C29H18FN3O4S/c1-36-20-11-12-24-26(14-20)38-29(32-24)33(31-16-17-6-9-19(30)10-7-17)27(34)23-15-22-21-5-3-2-4-18(21)8-13-25(22)37-28(23)35/h2-16H,1H3/b31-16+. The normalized spacial score (nSPS) is 11.5. The molecule has 0 unspecified atom stereocenters. The number of carbonyl (C=O) groups excluding carboxylic acids is 1. The predicted octanol–water partition coefficient (Wildman–Crippen LogP) is 6.38. The predicted molar refractivity (Wildman–Crippen MR) is 147 cm³/mol. The number of carbonyl (C=O) groups is 1. The molecule has 0 bridgehead atoms. The smallest absolute Gasteiger partial charge is 0.349 e. The number of thiazole rings is 1. The lowest BCUT2D eigenvalue weighted by molar-refractivity contribution is 0.0984. The van der Waals surface area contributed by atoms with E-state index >= 15 is 0 Å². The molecule has 9 heteroatoms. The number of hydrogen-bond acceptors (Lipinski definition) is 7. The van der Waals surface area contributed by atoms with Gasteiger partial charge in [0.15, 0.2) is 0 Å². The third kappa shape index (κ3) is 4.29. The molecule has 0 spiro atoms. The number of rotatable bonds is 5. The van der Waals surface area contributed by atoms with E-state index in [9.17, 15) is 14.0 Å². The Kier molecular flexibility index (Phi) is 5.89. The second kappa shape index (κ2) is 9.53. The van der Waals surface area contributed by atoms with E-state index < -0.39 is 17.3 Å². The molecule has 2 aromatic heterocycles. The molecule has 0 saturated carbocycles. The molecular formula is C29H18FN3O4S. The molecule has 0 fully saturated rings. The van der Waals surface area contributed by atoms with Gasteiger partial charge in [0.05, 0.1) is 23.5 Å². The average molecular weight is 524 g/mol. The summed E-state index contributed by atoms with van der Waals surface area (Å²) in [6, 6.07) is 23.7. The van der Waals surface area contributed by atoms with Crippen LogP contribution in [0.5, 0.6) is 5.75 Å². The van der Waals surface area contributed by atoms with E-state index in [4.69, 9.17) is 9.15 Å². The largest absolute Gasteiger partial charge is 0.497 e. The number of fused-ring (bicyclic) bond motifs is 4. The van der Waals surface area contributed by atoms with Crippen LogP contribution < -0.4 is 15.4 Å². The SMILES string of the molecule is COc1ccc2nc(N(/N=C/c3ccc(F)cc3)C(=O)c3cc4c(ccc5ccccc54)oc3=O)sc2c1. The Morgan fingerprint density at radius 1 is 1.03 bits per heavy atom. The van der Waals surface area contributed by atoms with Crippen LogP contribution in [0.4, 0.5) is 9.52 Å². The number of hydrogen-bond donors (Lipinski definition) is 0. The third-order valence-electron chi connectivity index (χ3n) is 6.02. The van der Waals surface area contributed by atoms with E-state index in [1.165, 1.54) is 47.9 Å². The van der Waals surface area contributed by atoms with Gasteiger partial charge in [-0.15, -0.1) is 0 Å². The van der Waals surface area contributed by atoms with Crippen molar-refractivity contribution in [1.82, 2.24) is 4.98 Å². The summed E-state index contributed by atoms with van der Waals surface area (Å²) in [5.74, 6) is -0.461. The summed E-state index contributed by atoms with van der Waals surface area (Å²) in [4.78, 5) is 31.4. The number of halogens is 1. The van der Waals surface area contributed by atoms with Crippen molar-refractivity contribution in [2.45, 2.75) is 0 Å². The molecule has 186 valence electrons. The van der Waals surface area contributed by atoms with Gasteiger partial charge in [0.2, 0.25) is 5.13 Å². The summed E-state index contributed by atoms with van der Waals surface area (Å²) >= 11 is 1.22. The van der Waals surface area contributed by atoms with Crippen LogP contribution in [0.25, 0.3) is 32.0 Å². The van der Waals surface area contributed by atoms with Crippen LogP contribution in [0.15, 0.2) is 99.2 Å². The van der Waals surface area contributed by atoms with E-state index in [1.807, 2.05) is 30.3 Å². The Morgan fingerprint density at radius 2 is 1.84 bits per heavy atom. The van der Waals surface area contributed by atoms with E-state index in [1.54, 1.807) is 31.4 Å². The monoisotopic (exact) mass is 523 g/mol. The summed E-state index contributed by atoms with van der Waals surface area (Å²) in [5, 5.41) is 8.08. The summed E-state index contributed by atoms with van der Waals surface area (Å²) < 4.78 is 25.0. The van der Waals surface area contributed by atoms with E-state index in [-0.39, 0.29) is 10.7 Å². The second-order valence-corrected chi connectivity index (χ2v) is 9.40. The van der Waals surface area contributed by atoms with Crippen LogP contribution in [0, 0.1) is 5.82 Å². The Morgan fingerprint density at radius 3 is 2.66 bits per heavy atom. The maximum Gasteiger partial charge on any atom is 0.349 e. The highest BCUT2D eigenvalue weighted by Gasteiger charge is 2.25. The van der Waals surface area contributed by atoms with Crippen molar-refractivity contribution < 1.29 is 18.3 Å². The van der Waals surface area contributed by atoms with Crippen LogP contribution in [0.2, 0.25) is 0 Å². The Hall–Kier alpha value is -4.89. The molecule has 0 saturated heterocycles. The van der Waals surface area contributed by atoms with Crippen LogP contribution >= 0.6 is 11.3 Å². The van der Waals surface area contributed by atoms with E-state index in [0.29, 0.717) is 27.8 Å². The van der Waals surface area contributed by atoms with Gasteiger partial charge >= 0.3 is 5.63 Å². The van der Waals surface area contributed by atoms with Gasteiger partial charge in [-0.1, -0.05) is 53.8 Å². The molecule has 7 nitrogen and oxygen atoms in total. The van der Waals surface area contributed by atoms with Gasteiger partial charge in [0.1, 0.15) is 22.7 Å². The van der Waals surface area contributed by atoms with Crippen LogP contribution in [0.3, 0.4) is 0 Å². The maximum absolute atomic E-state index is 13.9. The van der Waals surface area contributed by atoms with Crippen LogP contribution in [0.1, 0.15) is 15.9 Å². The van der Waals surface area contributed by atoms with Crippen LogP contribution in [-0.4, -0.2) is 24.2 Å². The molecule has 1 amide bonds. The number of hydrazone groups is 1. The zero-order valence-electron chi connectivity index (χ0n) is 19.9. The summed E-state index contributed by atoms with van der Waals surface area (Å²) in [5.41, 5.74) is 0.587. The highest BCUT2D eigenvalue weighted by molar-refractivity contribution is 7.22. The molecule has 6 aromatic rings. The maximum atomic E-state index is 13.9. The topological polar surface area (TPSA) is 85.0 Å². The highest BCUT2D eigenvalue weighted by atomic mass is 32.1. The van der Waals surface area contributed by atoms with Crippen molar-refractivity contribution in [2.24, 2.45) is 5.10 Å². The van der Waals surface area contributed by atoms with Gasteiger partial charge in [-0.3, -0.25) is 4.79 Å². The first-order valence-corrected chi connectivity index (χ1v) is 12.4. The van der Waals surface area contributed by atoms with Crippen molar-refractivity contribution in [2.75, 3.05) is 12.1 Å². The van der Waals surface area contributed by atoms with Gasteiger partial charge < -0.3 is 9.15 Å². The van der Waals surface area contributed by atoms with Crippen molar-refractivity contribution in [3.05, 3.63) is 112 Å². The fraction of sp³-hybridized carbons (Fsp3) is 0.0345. The van der Waals surface area contributed by atoms with Crippen molar-refractivity contribution in [1.29, 1.82) is 0 Å². The van der Waals surface area contributed by atoms with Gasteiger partial charge in [0.25, 0.3) is 5.91 Å². The first kappa shape index (κ1) is 23.5. The number of nitrogens with zero attached hydrogens (tertiary/aromatic N) is 3. The number of ether oxygens (including phenoxy) is 1. The first-order chi connectivity index (χ1) is 18.5. The lowest BCUT2D eigenvalue weighted by Crippen LogP contribution is -2.30. The van der Waals surface area contributed by atoms with Crippen LogP contribution in [-0.2, 0) is 0 Å². The van der Waals surface area contributed by atoms with Gasteiger partial charge in [-0.05, 0) is 58.8 Å².